The third kappa shape index (κ3) is 4.15. The quantitative estimate of drug-likeness (QED) is 0.668. The fraction of sp³-hybridized carbons (Fsp3) is 0.316. The lowest BCUT2D eigenvalue weighted by Crippen LogP contribution is -2.50. The Hall–Kier alpha value is -2.52. The molecule has 0 unspecified atom stereocenters. The summed E-state index contributed by atoms with van der Waals surface area (Å²) in [5.74, 6) is -0.456. The number of nitrogens with zero attached hydrogens (tertiary/aromatic N) is 5. The number of hydrogen-bond acceptors (Lipinski definition) is 4. The number of benzene rings is 1. The molecule has 1 aliphatic rings. The molecule has 9 heteroatoms. The summed E-state index contributed by atoms with van der Waals surface area (Å²) in [6, 6.07) is 8.14. The molecule has 3 heterocycles. The van der Waals surface area contributed by atoms with Gasteiger partial charge < -0.3 is 14.8 Å². The summed E-state index contributed by atoms with van der Waals surface area (Å²) in [6.45, 7) is 4.41. The topological polar surface area (TPSA) is 66.3 Å². The van der Waals surface area contributed by atoms with E-state index in [1.807, 2.05) is 23.0 Å². The summed E-state index contributed by atoms with van der Waals surface area (Å²) in [7, 11) is 0. The maximum Gasteiger partial charge on any atom is 0.322 e. The molecule has 0 radical (unpaired) electrons. The molecular formula is C19H20BrFN6O. The van der Waals surface area contributed by atoms with Gasteiger partial charge >= 0.3 is 6.03 Å². The molecule has 7 nitrogen and oxygen atoms in total. The Morgan fingerprint density at radius 3 is 2.75 bits per heavy atom. The molecule has 28 heavy (non-hydrogen) atoms. The standard InChI is InChI=1S/C19H20BrFN6O/c20-14-3-4-16(15(21)12-14)24-19(28)26-9-6-25(7-10-26)8-11-27-13-23-17-2-1-5-22-18(17)27/h1-5,12-13H,6-11H2,(H,24,28). The fourth-order valence-corrected chi connectivity index (χ4v) is 3.60. The number of aromatic nitrogens is 3. The van der Waals surface area contributed by atoms with Gasteiger partial charge in [-0.2, -0.15) is 0 Å². The van der Waals surface area contributed by atoms with E-state index in [0.29, 0.717) is 17.6 Å². The van der Waals surface area contributed by atoms with Crippen molar-refractivity contribution in [2.24, 2.45) is 0 Å². The number of nitrogens with one attached hydrogen (secondary N) is 1. The van der Waals surface area contributed by atoms with E-state index in [-0.39, 0.29) is 11.7 Å². The van der Waals surface area contributed by atoms with Crippen LogP contribution in [0.4, 0.5) is 14.9 Å². The van der Waals surface area contributed by atoms with E-state index in [1.54, 1.807) is 23.2 Å². The van der Waals surface area contributed by atoms with Gasteiger partial charge in [-0.3, -0.25) is 4.90 Å². The van der Waals surface area contributed by atoms with Gasteiger partial charge in [0, 0.05) is 49.9 Å². The van der Waals surface area contributed by atoms with Crippen molar-refractivity contribution in [2.45, 2.75) is 6.54 Å². The number of pyridine rings is 1. The number of hydrogen-bond donors (Lipinski definition) is 1. The number of amides is 2. The Morgan fingerprint density at radius 2 is 1.96 bits per heavy atom. The Bertz CT molecular complexity index is 985. The van der Waals surface area contributed by atoms with Crippen LogP contribution in [0.3, 0.4) is 0 Å². The Labute approximate surface area is 170 Å². The normalized spacial score (nSPS) is 15.1. The van der Waals surface area contributed by atoms with Gasteiger partial charge in [-0.15, -0.1) is 0 Å². The van der Waals surface area contributed by atoms with Gasteiger partial charge in [0.25, 0.3) is 0 Å². The lowest BCUT2D eigenvalue weighted by molar-refractivity contribution is 0.144. The first-order chi connectivity index (χ1) is 13.6. The molecule has 1 saturated heterocycles. The van der Waals surface area contributed by atoms with Crippen molar-refractivity contribution in [3.8, 4) is 0 Å². The van der Waals surface area contributed by atoms with Crippen molar-refractivity contribution in [3.63, 3.8) is 0 Å². The minimum Gasteiger partial charge on any atom is -0.322 e. The van der Waals surface area contributed by atoms with E-state index < -0.39 is 5.82 Å². The summed E-state index contributed by atoms with van der Waals surface area (Å²) in [5.41, 5.74) is 1.97. The molecule has 0 bridgehead atoms. The van der Waals surface area contributed by atoms with Crippen LogP contribution in [-0.4, -0.2) is 63.1 Å². The number of fused-ring (bicyclic) bond motifs is 1. The predicted molar refractivity (Wildman–Crippen MR) is 109 cm³/mol. The van der Waals surface area contributed by atoms with E-state index in [9.17, 15) is 9.18 Å². The Morgan fingerprint density at radius 1 is 1.14 bits per heavy atom. The largest absolute Gasteiger partial charge is 0.322 e. The molecular weight excluding hydrogens is 427 g/mol. The van der Waals surface area contributed by atoms with Crippen molar-refractivity contribution in [3.05, 3.63) is 53.1 Å². The minimum atomic E-state index is -0.456. The zero-order valence-corrected chi connectivity index (χ0v) is 16.8. The zero-order chi connectivity index (χ0) is 19.5. The van der Waals surface area contributed by atoms with E-state index in [1.165, 1.54) is 6.07 Å². The Kier molecular flexibility index (Phi) is 5.54. The van der Waals surface area contributed by atoms with Gasteiger partial charge in [-0.25, -0.2) is 19.2 Å². The number of rotatable bonds is 4. The van der Waals surface area contributed by atoms with Gasteiger partial charge in [0.15, 0.2) is 5.65 Å². The molecule has 4 rings (SSSR count). The van der Waals surface area contributed by atoms with Crippen molar-refractivity contribution in [2.75, 3.05) is 38.0 Å². The predicted octanol–water partition coefficient (Wildman–Crippen LogP) is 3.18. The minimum absolute atomic E-state index is 0.190. The third-order valence-corrected chi connectivity index (χ3v) is 5.36. The lowest BCUT2D eigenvalue weighted by atomic mass is 10.3. The van der Waals surface area contributed by atoms with Crippen LogP contribution in [0.1, 0.15) is 0 Å². The molecule has 2 aromatic heterocycles. The first kappa shape index (κ1) is 18.8. The molecule has 146 valence electrons. The van der Waals surface area contributed by atoms with Gasteiger partial charge in [-0.05, 0) is 30.3 Å². The number of halogens is 2. The zero-order valence-electron chi connectivity index (χ0n) is 15.2. The SMILES string of the molecule is O=C(Nc1ccc(Br)cc1F)N1CCN(CCn2cnc3cccnc32)CC1. The van der Waals surface area contributed by atoms with Crippen LogP contribution >= 0.6 is 15.9 Å². The van der Waals surface area contributed by atoms with Crippen LogP contribution in [0.25, 0.3) is 11.2 Å². The fourth-order valence-electron chi connectivity index (χ4n) is 3.27. The van der Waals surface area contributed by atoms with Gasteiger partial charge in [0.2, 0.25) is 0 Å². The number of urea groups is 1. The molecule has 0 aliphatic carbocycles. The summed E-state index contributed by atoms with van der Waals surface area (Å²) in [6.07, 6.45) is 3.58. The number of anilines is 1. The molecule has 0 spiro atoms. The maximum atomic E-state index is 13.9. The van der Waals surface area contributed by atoms with Crippen LogP contribution in [0.2, 0.25) is 0 Å². The van der Waals surface area contributed by atoms with Crippen molar-refractivity contribution >= 4 is 38.8 Å². The van der Waals surface area contributed by atoms with Gasteiger partial charge in [0.1, 0.15) is 11.3 Å². The third-order valence-electron chi connectivity index (χ3n) is 4.86. The Balaban J connectivity index is 1.27. The second kappa shape index (κ2) is 8.24. The van der Waals surface area contributed by atoms with Crippen LogP contribution in [0.5, 0.6) is 0 Å². The second-order valence-corrected chi connectivity index (χ2v) is 7.58. The van der Waals surface area contributed by atoms with E-state index in [4.69, 9.17) is 0 Å². The molecule has 0 saturated carbocycles. The first-order valence-corrected chi connectivity index (χ1v) is 9.88. The van der Waals surface area contributed by atoms with Crippen LogP contribution in [0.15, 0.2) is 47.3 Å². The number of piperazine rings is 1. The number of imidazole rings is 1. The monoisotopic (exact) mass is 446 g/mol. The summed E-state index contributed by atoms with van der Waals surface area (Å²) < 4.78 is 16.6. The molecule has 1 fully saturated rings. The molecule has 0 atom stereocenters. The lowest BCUT2D eigenvalue weighted by Gasteiger charge is -2.34. The highest BCUT2D eigenvalue weighted by molar-refractivity contribution is 9.10. The number of carbonyl (C=O) groups is 1. The summed E-state index contributed by atoms with van der Waals surface area (Å²) in [4.78, 5) is 25.2. The summed E-state index contributed by atoms with van der Waals surface area (Å²) in [5, 5.41) is 2.65. The summed E-state index contributed by atoms with van der Waals surface area (Å²) >= 11 is 3.21. The smallest absolute Gasteiger partial charge is 0.322 e. The average molecular weight is 447 g/mol. The molecule has 1 aliphatic heterocycles. The van der Waals surface area contributed by atoms with E-state index in [0.717, 1.165) is 37.3 Å². The average Bonchev–Trinajstić information content (AvgIpc) is 3.12. The van der Waals surface area contributed by atoms with Gasteiger partial charge in [0.05, 0.1) is 12.0 Å². The highest BCUT2D eigenvalue weighted by Gasteiger charge is 2.21. The van der Waals surface area contributed by atoms with Gasteiger partial charge in [-0.1, -0.05) is 15.9 Å². The van der Waals surface area contributed by atoms with Crippen LogP contribution < -0.4 is 5.32 Å². The van der Waals surface area contributed by atoms with Crippen molar-refractivity contribution in [1.82, 2.24) is 24.3 Å². The maximum absolute atomic E-state index is 13.9. The van der Waals surface area contributed by atoms with Crippen LogP contribution in [-0.2, 0) is 6.54 Å². The number of carbonyl (C=O) groups excluding carboxylic acids is 1. The highest BCUT2D eigenvalue weighted by atomic mass is 79.9. The molecule has 2 amide bonds. The van der Waals surface area contributed by atoms with Crippen molar-refractivity contribution < 1.29 is 9.18 Å². The molecule has 3 aromatic rings. The van der Waals surface area contributed by atoms with E-state index in [2.05, 4.69) is 36.1 Å². The highest BCUT2D eigenvalue weighted by Crippen LogP contribution is 2.20. The van der Waals surface area contributed by atoms with Crippen molar-refractivity contribution in [1.29, 1.82) is 0 Å². The van der Waals surface area contributed by atoms with E-state index >= 15 is 0 Å². The first-order valence-electron chi connectivity index (χ1n) is 9.09. The molecule has 1 aromatic carbocycles. The second-order valence-electron chi connectivity index (χ2n) is 6.67. The molecule has 1 N–H and O–H groups in total. The van der Waals surface area contributed by atoms with Crippen LogP contribution in [0, 0.1) is 5.82 Å².